The first-order valence-corrected chi connectivity index (χ1v) is 5.70. The summed E-state index contributed by atoms with van der Waals surface area (Å²) in [5, 5.41) is 7.68. The third-order valence-corrected chi connectivity index (χ3v) is 2.51. The second-order valence-electron chi connectivity index (χ2n) is 4.38. The molecule has 1 heterocycles. The second kappa shape index (κ2) is 5.00. The first kappa shape index (κ1) is 13.5. The van der Waals surface area contributed by atoms with Crippen LogP contribution in [-0.4, -0.2) is 21.0 Å². The summed E-state index contributed by atoms with van der Waals surface area (Å²) in [6.45, 7) is 1.82. The summed E-state index contributed by atoms with van der Waals surface area (Å²) >= 11 is 0. The molecule has 1 aromatic carbocycles. The number of hydrogen-bond donors (Lipinski definition) is 1. The summed E-state index contributed by atoms with van der Waals surface area (Å²) in [5.41, 5.74) is 5.88. The SMILES string of the molecule is CC(N)Cc1cn(-c2cccc(C(F)(F)F)c2)nn1. The van der Waals surface area contributed by atoms with Gasteiger partial charge in [0, 0.05) is 12.5 Å². The molecule has 1 unspecified atom stereocenters. The largest absolute Gasteiger partial charge is 0.416 e. The van der Waals surface area contributed by atoms with E-state index < -0.39 is 11.7 Å². The zero-order valence-electron chi connectivity index (χ0n) is 10.2. The third kappa shape index (κ3) is 3.31. The maximum atomic E-state index is 12.6. The molecule has 0 bridgehead atoms. The van der Waals surface area contributed by atoms with E-state index in [4.69, 9.17) is 5.73 Å². The lowest BCUT2D eigenvalue weighted by Crippen LogP contribution is -2.17. The monoisotopic (exact) mass is 270 g/mol. The van der Waals surface area contributed by atoms with Crippen LogP contribution < -0.4 is 5.73 Å². The highest BCUT2D eigenvalue weighted by molar-refractivity contribution is 5.36. The first-order chi connectivity index (χ1) is 8.86. The van der Waals surface area contributed by atoms with Crippen molar-refractivity contribution in [3.05, 3.63) is 41.7 Å². The molecule has 2 N–H and O–H groups in total. The number of rotatable bonds is 3. The van der Waals surface area contributed by atoms with Gasteiger partial charge in [-0.3, -0.25) is 0 Å². The molecule has 2 rings (SSSR count). The quantitative estimate of drug-likeness (QED) is 0.930. The van der Waals surface area contributed by atoms with E-state index in [1.165, 1.54) is 10.7 Å². The maximum Gasteiger partial charge on any atom is 0.416 e. The Hall–Kier alpha value is -1.89. The zero-order chi connectivity index (χ0) is 14.0. The van der Waals surface area contributed by atoms with Crippen LogP contribution in [0, 0.1) is 0 Å². The molecule has 19 heavy (non-hydrogen) atoms. The van der Waals surface area contributed by atoms with Gasteiger partial charge in [-0.2, -0.15) is 13.2 Å². The summed E-state index contributed by atoms with van der Waals surface area (Å²) in [5.74, 6) is 0. The van der Waals surface area contributed by atoms with Gasteiger partial charge in [0.1, 0.15) is 0 Å². The minimum absolute atomic E-state index is 0.0772. The Bertz CT molecular complexity index is 560. The molecule has 7 heteroatoms. The Morgan fingerprint density at radius 2 is 2.11 bits per heavy atom. The fraction of sp³-hybridized carbons (Fsp3) is 0.333. The number of aromatic nitrogens is 3. The van der Waals surface area contributed by atoms with Crippen LogP contribution >= 0.6 is 0 Å². The molecular formula is C12H13F3N4. The smallest absolute Gasteiger partial charge is 0.328 e. The molecule has 2 aromatic rings. The van der Waals surface area contributed by atoms with Crippen molar-refractivity contribution in [2.24, 2.45) is 5.73 Å². The summed E-state index contributed by atoms with van der Waals surface area (Å²) in [6.07, 6.45) is -2.26. The minimum atomic E-state index is -4.37. The van der Waals surface area contributed by atoms with Crippen LogP contribution in [0.3, 0.4) is 0 Å². The van der Waals surface area contributed by atoms with Crippen molar-refractivity contribution in [2.45, 2.75) is 25.6 Å². The van der Waals surface area contributed by atoms with Crippen LogP contribution in [0.5, 0.6) is 0 Å². The average Bonchev–Trinajstić information content (AvgIpc) is 2.76. The van der Waals surface area contributed by atoms with E-state index in [-0.39, 0.29) is 6.04 Å². The van der Waals surface area contributed by atoms with E-state index in [9.17, 15) is 13.2 Å². The molecule has 4 nitrogen and oxygen atoms in total. The Balaban J connectivity index is 2.29. The Kier molecular flexibility index (Phi) is 3.57. The van der Waals surface area contributed by atoms with Gasteiger partial charge in [0.2, 0.25) is 0 Å². The third-order valence-electron chi connectivity index (χ3n) is 2.51. The molecule has 0 amide bonds. The minimum Gasteiger partial charge on any atom is -0.328 e. The normalized spacial score (nSPS) is 13.5. The van der Waals surface area contributed by atoms with Gasteiger partial charge in [0.15, 0.2) is 0 Å². The predicted octanol–water partition coefficient (Wildman–Crippen LogP) is 2.18. The second-order valence-corrected chi connectivity index (χ2v) is 4.38. The molecular weight excluding hydrogens is 257 g/mol. The molecule has 102 valence electrons. The average molecular weight is 270 g/mol. The number of benzene rings is 1. The van der Waals surface area contributed by atoms with Crippen molar-refractivity contribution in [1.82, 2.24) is 15.0 Å². The maximum absolute atomic E-state index is 12.6. The highest BCUT2D eigenvalue weighted by Crippen LogP contribution is 2.30. The fourth-order valence-corrected chi connectivity index (χ4v) is 1.67. The van der Waals surface area contributed by atoms with E-state index in [1.54, 1.807) is 12.3 Å². The van der Waals surface area contributed by atoms with Gasteiger partial charge in [0.25, 0.3) is 0 Å². The number of hydrogen-bond acceptors (Lipinski definition) is 3. The molecule has 0 saturated heterocycles. The molecule has 0 saturated carbocycles. The highest BCUT2D eigenvalue weighted by atomic mass is 19.4. The number of nitrogens with zero attached hydrogens (tertiary/aromatic N) is 3. The molecule has 0 aliphatic carbocycles. The predicted molar refractivity (Wildman–Crippen MR) is 63.7 cm³/mol. The summed E-state index contributed by atoms with van der Waals surface area (Å²) in [6, 6.07) is 4.85. The van der Waals surface area contributed by atoms with E-state index >= 15 is 0 Å². The van der Waals surface area contributed by atoms with Crippen LogP contribution in [0.2, 0.25) is 0 Å². The Morgan fingerprint density at radius 3 is 2.74 bits per heavy atom. The lowest BCUT2D eigenvalue weighted by atomic mass is 10.2. The van der Waals surface area contributed by atoms with Crippen molar-refractivity contribution < 1.29 is 13.2 Å². The summed E-state index contributed by atoms with van der Waals surface area (Å²) in [7, 11) is 0. The molecule has 0 aliphatic rings. The van der Waals surface area contributed by atoms with Gasteiger partial charge in [0.05, 0.1) is 23.1 Å². The van der Waals surface area contributed by atoms with Gasteiger partial charge < -0.3 is 5.73 Å². The van der Waals surface area contributed by atoms with Crippen LogP contribution in [0.15, 0.2) is 30.5 Å². The summed E-state index contributed by atoms with van der Waals surface area (Å²) in [4.78, 5) is 0. The molecule has 1 atom stereocenters. The van der Waals surface area contributed by atoms with Crippen molar-refractivity contribution >= 4 is 0 Å². The Morgan fingerprint density at radius 1 is 1.37 bits per heavy atom. The van der Waals surface area contributed by atoms with Gasteiger partial charge >= 0.3 is 6.18 Å². The van der Waals surface area contributed by atoms with E-state index in [2.05, 4.69) is 10.3 Å². The zero-order valence-corrected chi connectivity index (χ0v) is 10.2. The van der Waals surface area contributed by atoms with Crippen LogP contribution in [0.4, 0.5) is 13.2 Å². The van der Waals surface area contributed by atoms with Gasteiger partial charge in [-0.05, 0) is 25.1 Å². The highest BCUT2D eigenvalue weighted by Gasteiger charge is 2.30. The van der Waals surface area contributed by atoms with E-state index in [0.717, 1.165) is 12.1 Å². The molecule has 0 fully saturated rings. The van der Waals surface area contributed by atoms with E-state index in [1.807, 2.05) is 6.92 Å². The van der Waals surface area contributed by atoms with Crippen molar-refractivity contribution in [3.63, 3.8) is 0 Å². The molecule has 0 radical (unpaired) electrons. The fourth-order valence-electron chi connectivity index (χ4n) is 1.67. The van der Waals surface area contributed by atoms with Crippen molar-refractivity contribution in [2.75, 3.05) is 0 Å². The van der Waals surface area contributed by atoms with Gasteiger partial charge in [-0.15, -0.1) is 5.10 Å². The van der Waals surface area contributed by atoms with E-state index in [0.29, 0.717) is 17.8 Å². The standard InChI is InChI=1S/C12H13F3N4/c1-8(16)5-10-7-19(18-17-10)11-4-2-3-9(6-11)12(13,14)15/h2-4,6-8H,5,16H2,1H3. The molecule has 0 spiro atoms. The number of alkyl halides is 3. The Labute approximate surface area is 108 Å². The summed E-state index contributed by atoms with van der Waals surface area (Å²) < 4.78 is 39.1. The lowest BCUT2D eigenvalue weighted by Gasteiger charge is -2.08. The van der Waals surface area contributed by atoms with Crippen molar-refractivity contribution in [1.29, 1.82) is 0 Å². The first-order valence-electron chi connectivity index (χ1n) is 5.70. The molecule has 1 aromatic heterocycles. The van der Waals surface area contributed by atoms with Crippen molar-refractivity contribution in [3.8, 4) is 5.69 Å². The van der Waals surface area contributed by atoms with Crippen LogP contribution in [0.1, 0.15) is 18.2 Å². The van der Waals surface area contributed by atoms with Gasteiger partial charge in [-0.25, -0.2) is 4.68 Å². The van der Waals surface area contributed by atoms with Gasteiger partial charge in [-0.1, -0.05) is 11.3 Å². The molecule has 0 aliphatic heterocycles. The van der Waals surface area contributed by atoms with Crippen LogP contribution in [0.25, 0.3) is 5.69 Å². The number of nitrogens with two attached hydrogens (primary N) is 1. The topological polar surface area (TPSA) is 56.7 Å². The number of halogens is 3. The van der Waals surface area contributed by atoms with Crippen LogP contribution in [-0.2, 0) is 12.6 Å². The lowest BCUT2D eigenvalue weighted by molar-refractivity contribution is -0.137.